The van der Waals surface area contributed by atoms with E-state index in [0.29, 0.717) is 44.4 Å². The molecule has 1 aliphatic rings. The van der Waals surface area contributed by atoms with E-state index in [9.17, 15) is 18.0 Å². The molecule has 8 nitrogen and oxygen atoms in total. The Bertz CT molecular complexity index is 1200. The first-order chi connectivity index (χ1) is 17.2. The molecule has 12 heteroatoms. The van der Waals surface area contributed by atoms with E-state index in [1.165, 1.54) is 30.6 Å². The van der Waals surface area contributed by atoms with Crippen LogP contribution in [-0.2, 0) is 16.1 Å². The Labute approximate surface area is 210 Å². The number of fused-ring (bicyclic) bond motifs is 1. The monoisotopic (exact) mass is 521 g/mol. The number of nitrogen functional groups attached to an aromatic ring is 1. The first-order valence-electron chi connectivity index (χ1n) is 11.2. The van der Waals surface area contributed by atoms with Crippen LogP contribution in [-0.4, -0.2) is 77.2 Å². The van der Waals surface area contributed by atoms with E-state index in [1.807, 2.05) is 18.2 Å². The largest absolute Gasteiger partial charge is 0.484 e. The molecular weight excluding hydrogens is 495 g/mol. The van der Waals surface area contributed by atoms with E-state index in [-0.39, 0.29) is 35.2 Å². The zero-order chi connectivity index (χ0) is 25.7. The number of thioether (sulfide) groups is 1. The Morgan fingerprint density at radius 2 is 1.94 bits per heavy atom. The summed E-state index contributed by atoms with van der Waals surface area (Å²) in [7, 11) is 1.59. The number of hydrogen-bond donors (Lipinski definition) is 1. The molecule has 1 aromatic heterocycles. The van der Waals surface area contributed by atoms with Gasteiger partial charge in [-0.1, -0.05) is 6.07 Å². The zero-order valence-electron chi connectivity index (χ0n) is 19.6. The van der Waals surface area contributed by atoms with E-state index in [0.717, 1.165) is 16.5 Å². The van der Waals surface area contributed by atoms with Crippen LogP contribution in [0.5, 0.6) is 5.75 Å². The molecule has 1 atom stereocenters. The third-order valence-corrected chi connectivity index (χ3v) is 6.54. The van der Waals surface area contributed by atoms with Gasteiger partial charge < -0.3 is 20.1 Å². The van der Waals surface area contributed by atoms with Gasteiger partial charge in [-0.3, -0.25) is 9.69 Å². The van der Waals surface area contributed by atoms with E-state index in [1.54, 1.807) is 12.0 Å². The second-order valence-corrected chi connectivity index (χ2v) is 9.49. The van der Waals surface area contributed by atoms with Crippen molar-refractivity contribution in [3.8, 4) is 5.75 Å². The van der Waals surface area contributed by atoms with Gasteiger partial charge >= 0.3 is 5.51 Å². The minimum Gasteiger partial charge on any atom is -0.484 e. The van der Waals surface area contributed by atoms with Crippen LogP contribution in [0.1, 0.15) is 5.56 Å². The van der Waals surface area contributed by atoms with Crippen LogP contribution in [0.3, 0.4) is 0 Å². The summed E-state index contributed by atoms with van der Waals surface area (Å²) < 4.78 is 48.4. The lowest BCUT2D eigenvalue weighted by atomic mass is 10.1. The summed E-state index contributed by atoms with van der Waals surface area (Å²) in [6, 6.07) is 11.2. The van der Waals surface area contributed by atoms with Crippen LogP contribution < -0.4 is 10.5 Å². The molecule has 2 heterocycles. The van der Waals surface area contributed by atoms with Crippen molar-refractivity contribution in [3.05, 3.63) is 54.4 Å². The number of carbonyl (C=O) groups is 1. The predicted molar refractivity (Wildman–Crippen MR) is 130 cm³/mol. The number of benzene rings is 2. The lowest BCUT2D eigenvalue weighted by Gasteiger charge is -2.41. The Kier molecular flexibility index (Phi) is 8.17. The van der Waals surface area contributed by atoms with Gasteiger partial charge in [0, 0.05) is 43.6 Å². The molecule has 2 aromatic carbocycles. The van der Waals surface area contributed by atoms with E-state index in [4.69, 9.17) is 15.2 Å². The highest BCUT2D eigenvalue weighted by molar-refractivity contribution is 8.00. The van der Waals surface area contributed by atoms with Crippen molar-refractivity contribution in [1.82, 2.24) is 19.8 Å². The van der Waals surface area contributed by atoms with Crippen molar-refractivity contribution in [2.24, 2.45) is 0 Å². The highest BCUT2D eigenvalue weighted by Crippen LogP contribution is 2.37. The van der Waals surface area contributed by atoms with E-state index < -0.39 is 5.51 Å². The number of ether oxygens (including phenoxy) is 2. The molecule has 192 valence electrons. The van der Waals surface area contributed by atoms with E-state index >= 15 is 0 Å². The van der Waals surface area contributed by atoms with Crippen LogP contribution in [0.2, 0.25) is 0 Å². The highest BCUT2D eigenvalue weighted by atomic mass is 32.2. The number of halogens is 3. The van der Waals surface area contributed by atoms with Crippen molar-refractivity contribution < 1.29 is 27.4 Å². The molecule has 1 amide bonds. The highest BCUT2D eigenvalue weighted by Gasteiger charge is 2.31. The number of hydrogen-bond acceptors (Lipinski definition) is 8. The van der Waals surface area contributed by atoms with Crippen LogP contribution in [0.15, 0.2) is 53.7 Å². The Morgan fingerprint density at radius 1 is 1.17 bits per heavy atom. The molecule has 0 spiro atoms. The minimum absolute atomic E-state index is 0.0554. The van der Waals surface area contributed by atoms with Gasteiger partial charge in [0.25, 0.3) is 5.91 Å². The molecule has 0 unspecified atom stereocenters. The number of amides is 1. The molecule has 2 N–H and O–H groups in total. The smallest absolute Gasteiger partial charge is 0.446 e. The number of nitrogens with zero attached hydrogens (tertiary/aromatic N) is 4. The Morgan fingerprint density at radius 3 is 2.67 bits per heavy atom. The zero-order valence-corrected chi connectivity index (χ0v) is 20.4. The van der Waals surface area contributed by atoms with Crippen molar-refractivity contribution in [1.29, 1.82) is 0 Å². The molecule has 1 fully saturated rings. The minimum atomic E-state index is -4.35. The average molecular weight is 522 g/mol. The molecular formula is C24H26F3N5O3S. The summed E-state index contributed by atoms with van der Waals surface area (Å²) in [6.07, 6.45) is 1.44. The fraction of sp³-hybridized carbons (Fsp3) is 0.375. The summed E-state index contributed by atoms with van der Waals surface area (Å²) in [5.74, 6) is 0.568. The van der Waals surface area contributed by atoms with Crippen LogP contribution >= 0.6 is 11.8 Å². The maximum Gasteiger partial charge on any atom is 0.446 e. The first kappa shape index (κ1) is 26.0. The quantitative estimate of drug-likeness (QED) is 0.450. The number of rotatable bonds is 8. The van der Waals surface area contributed by atoms with Gasteiger partial charge in [-0.2, -0.15) is 13.2 Å². The summed E-state index contributed by atoms with van der Waals surface area (Å²) in [5, 5.41) is 0.808. The second kappa shape index (κ2) is 11.3. The van der Waals surface area contributed by atoms with Gasteiger partial charge in [0.15, 0.2) is 6.61 Å². The Balaban J connectivity index is 1.33. The standard InChI is InChI=1S/C24H26F3N5O3S/c1-34-13-17-12-31(11-16-2-7-20-21(10-16)29-15-30-23(20)28)8-9-32(17)22(33)14-35-18-3-5-19(6-4-18)36-24(25,26)27/h2-7,10,15,17H,8-9,11-14H2,1H3,(H2,28,29,30)/t17-/m0/s1. The lowest BCUT2D eigenvalue weighted by molar-refractivity contribution is -0.140. The van der Waals surface area contributed by atoms with Crippen molar-refractivity contribution in [3.63, 3.8) is 0 Å². The van der Waals surface area contributed by atoms with Gasteiger partial charge in [-0.15, -0.1) is 0 Å². The molecule has 1 aliphatic heterocycles. The van der Waals surface area contributed by atoms with Crippen molar-refractivity contribution in [2.75, 3.05) is 45.7 Å². The number of methoxy groups -OCH3 is 1. The first-order valence-corrected chi connectivity index (χ1v) is 12.0. The normalized spacial score (nSPS) is 16.9. The maximum atomic E-state index is 12.9. The molecule has 0 radical (unpaired) electrons. The van der Waals surface area contributed by atoms with Crippen molar-refractivity contribution in [2.45, 2.75) is 23.0 Å². The Hall–Kier alpha value is -3.09. The summed E-state index contributed by atoms with van der Waals surface area (Å²) in [4.78, 5) is 25.2. The van der Waals surface area contributed by atoms with Crippen LogP contribution in [0.4, 0.5) is 19.0 Å². The fourth-order valence-corrected chi connectivity index (χ4v) is 4.71. The molecule has 36 heavy (non-hydrogen) atoms. The maximum absolute atomic E-state index is 12.9. The van der Waals surface area contributed by atoms with E-state index in [2.05, 4.69) is 14.9 Å². The lowest BCUT2D eigenvalue weighted by Crippen LogP contribution is -2.57. The number of aromatic nitrogens is 2. The topological polar surface area (TPSA) is 93.8 Å². The number of carbonyl (C=O) groups excluding carboxylic acids is 1. The number of nitrogens with two attached hydrogens (primary N) is 1. The molecule has 0 bridgehead atoms. The summed E-state index contributed by atoms with van der Waals surface area (Å²) in [6.45, 7) is 2.62. The molecule has 0 aliphatic carbocycles. The van der Waals surface area contributed by atoms with Crippen LogP contribution in [0.25, 0.3) is 10.9 Å². The average Bonchev–Trinajstić information content (AvgIpc) is 2.83. The summed E-state index contributed by atoms with van der Waals surface area (Å²) in [5.41, 5.74) is 3.42. The molecule has 0 saturated carbocycles. The van der Waals surface area contributed by atoms with Gasteiger partial charge in [0.05, 0.1) is 18.2 Å². The predicted octanol–water partition coefficient (Wildman–Crippen LogP) is 3.56. The molecule has 1 saturated heterocycles. The van der Waals surface area contributed by atoms with Gasteiger partial charge in [-0.25, -0.2) is 9.97 Å². The third kappa shape index (κ3) is 6.77. The molecule has 3 aromatic rings. The van der Waals surface area contributed by atoms with Gasteiger partial charge in [0.1, 0.15) is 17.9 Å². The number of piperazine rings is 1. The molecule has 4 rings (SSSR count). The van der Waals surface area contributed by atoms with Crippen molar-refractivity contribution >= 4 is 34.4 Å². The van der Waals surface area contributed by atoms with Gasteiger partial charge in [-0.05, 0) is 53.7 Å². The van der Waals surface area contributed by atoms with Gasteiger partial charge in [0.2, 0.25) is 0 Å². The summed E-state index contributed by atoms with van der Waals surface area (Å²) >= 11 is -0.197. The SMILES string of the molecule is COC[C@@H]1CN(Cc2ccc3c(N)ncnc3c2)CCN1C(=O)COc1ccc(SC(F)(F)F)cc1. The second-order valence-electron chi connectivity index (χ2n) is 8.35. The van der Waals surface area contributed by atoms with Crippen LogP contribution in [0, 0.1) is 0 Å². The number of anilines is 1. The third-order valence-electron chi connectivity index (χ3n) is 5.80. The fourth-order valence-electron chi connectivity index (χ4n) is 4.17. The number of alkyl halides is 3.